The normalized spacial score (nSPS) is 16.8. The Labute approximate surface area is 155 Å². The van der Waals surface area contributed by atoms with Gasteiger partial charge in [-0.3, -0.25) is 0 Å². The molecule has 1 aliphatic rings. The summed E-state index contributed by atoms with van der Waals surface area (Å²) >= 11 is 3.84. The molecule has 2 aromatic heterocycles. The Bertz CT molecular complexity index is 1160. The van der Waals surface area contributed by atoms with E-state index >= 15 is 0 Å². The molecule has 0 fully saturated rings. The maximum absolute atomic E-state index is 2.38. The smallest absolute Gasteiger partial charge is 0.110 e. The van der Waals surface area contributed by atoms with Gasteiger partial charge in [0.25, 0.3) is 0 Å². The van der Waals surface area contributed by atoms with Crippen LogP contribution in [0.4, 0.5) is 5.69 Å². The highest BCUT2D eigenvalue weighted by Gasteiger charge is 2.33. The van der Waals surface area contributed by atoms with Crippen LogP contribution in [0.25, 0.3) is 29.6 Å². The van der Waals surface area contributed by atoms with Gasteiger partial charge in [-0.1, -0.05) is 18.2 Å². The van der Waals surface area contributed by atoms with Gasteiger partial charge in [0.1, 0.15) is 5.66 Å². The Morgan fingerprint density at radius 1 is 0.920 bits per heavy atom. The van der Waals surface area contributed by atoms with E-state index < -0.39 is 0 Å². The molecule has 1 aliphatic heterocycles. The third-order valence-corrected chi connectivity index (χ3v) is 7.90. The molecule has 25 heavy (non-hydrogen) atoms. The van der Waals surface area contributed by atoms with E-state index in [4.69, 9.17) is 0 Å². The molecule has 5 rings (SSSR count). The standard InChI is InChI=1S/C21H20N2S2/c1-13-11-15-18(12-16(13)23-10-9-22(4)21(23,2)3)25-20-19(15)14-7-5-6-8-17(14)24-20/h5-12H,1-4H3. The van der Waals surface area contributed by atoms with E-state index in [0.717, 1.165) is 0 Å². The van der Waals surface area contributed by atoms with Gasteiger partial charge >= 0.3 is 0 Å². The van der Waals surface area contributed by atoms with Crippen molar-refractivity contribution in [2.75, 3.05) is 11.9 Å². The van der Waals surface area contributed by atoms with Crippen molar-refractivity contribution < 1.29 is 0 Å². The van der Waals surface area contributed by atoms with Crippen LogP contribution in [0.3, 0.4) is 0 Å². The van der Waals surface area contributed by atoms with E-state index in [1.165, 1.54) is 40.8 Å². The number of hydrogen-bond donors (Lipinski definition) is 0. The van der Waals surface area contributed by atoms with Crippen LogP contribution in [-0.4, -0.2) is 17.6 Å². The molecule has 126 valence electrons. The molecule has 2 aromatic carbocycles. The minimum atomic E-state index is -0.0419. The van der Waals surface area contributed by atoms with Crippen LogP contribution in [0, 0.1) is 6.92 Å². The predicted molar refractivity (Wildman–Crippen MR) is 113 cm³/mol. The summed E-state index contributed by atoms with van der Waals surface area (Å²) in [5.41, 5.74) is 2.59. The van der Waals surface area contributed by atoms with Gasteiger partial charge in [-0.05, 0) is 44.5 Å². The summed E-state index contributed by atoms with van der Waals surface area (Å²) in [4.78, 5) is 4.64. The highest BCUT2D eigenvalue weighted by Crippen LogP contribution is 2.46. The summed E-state index contributed by atoms with van der Waals surface area (Å²) in [6.45, 7) is 6.75. The second kappa shape index (κ2) is 4.99. The van der Waals surface area contributed by atoms with Gasteiger partial charge in [0, 0.05) is 50.7 Å². The van der Waals surface area contributed by atoms with E-state index in [-0.39, 0.29) is 5.66 Å². The number of fused-ring (bicyclic) bond motifs is 5. The van der Waals surface area contributed by atoms with Gasteiger partial charge in [-0.2, -0.15) is 0 Å². The first-order chi connectivity index (χ1) is 12.0. The minimum absolute atomic E-state index is 0.0419. The van der Waals surface area contributed by atoms with Crippen LogP contribution in [0.1, 0.15) is 19.4 Å². The lowest BCUT2D eigenvalue weighted by Crippen LogP contribution is -2.46. The lowest BCUT2D eigenvalue weighted by Gasteiger charge is -2.39. The molecule has 0 unspecified atom stereocenters. The van der Waals surface area contributed by atoms with E-state index in [2.05, 4.69) is 86.4 Å². The second-order valence-electron chi connectivity index (χ2n) is 7.27. The maximum atomic E-state index is 2.38. The molecule has 3 heterocycles. The largest absolute Gasteiger partial charge is 0.357 e. The van der Waals surface area contributed by atoms with Gasteiger partial charge in [-0.15, -0.1) is 22.7 Å². The first-order valence-electron chi connectivity index (χ1n) is 8.52. The van der Waals surface area contributed by atoms with E-state index in [9.17, 15) is 0 Å². The molecule has 4 heteroatoms. The Hall–Kier alpha value is -2.04. The lowest BCUT2D eigenvalue weighted by atomic mass is 10.1. The molecule has 0 amide bonds. The fraction of sp³-hybridized carbons (Fsp3) is 0.238. The Kier molecular flexibility index (Phi) is 3.04. The predicted octanol–water partition coefficient (Wildman–Crippen LogP) is 6.54. The van der Waals surface area contributed by atoms with Gasteiger partial charge in [0.05, 0.1) is 4.01 Å². The number of aryl methyl sites for hydroxylation is 1. The molecule has 0 atom stereocenters. The average Bonchev–Trinajstić information content (AvgIpc) is 3.18. The molecule has 0 N–H and O–H groups in total. The van der Waals surface area contributed by atoms with Crippen molar-refractivity contribution in [3.05, 3.63) is 54.4 Å². The summed E-state index contributed by atoms with van der Waals surface area (Å²) in [7, 11) is 2.14. The topological polar surface area (TPSA) is 6.48 Å². The molecule has 0 bridgehead atoms. The first kappa shape index (κ1) is 15.2. The summed E-state index contributed by atoms with van der Waals surface area (Å²) in [6.07, 6.45) is 4.35. The van der Waals surface area contributed by atoms with Gasteiger partial charge in [0.15, 0.2) is 0 Å². The number of benzene rings is 2. The molecule has 4 aromatic rings. The molecule has 0 saturated heterocycles. The second-order valence-corrected chi connectivity index (χ2v) is 9.63. The SMILES string of the molecule is Cc1cc2c(cc1N1C=CN(C)C1(C)C)sc1sc3ccccc3c12. The van der Waals surface area contributed by atoms with Crippen LogP contribution in [0.5, 0.6) is 0 Å². The van der Waals surface area contributed by atoms with Crippen molar-refractivity contribution in [1.29, 1.82) is 0 Å². The zero-order valence-electron chi connectivity index (χ0n) is 14.8. The number of anilines is 1. The summed E-state index contributed by atoms with van der Waals surface area (Å²) in [5.74, 6) is 0. The zero-order chi connectivity index (χ0) is 17.3. The third kappa shape index (κ3) is 2.01. The van der Waals surface area contributed by atoms with Gasteiger partial charge in [-0.25, -0.2) is 0 Å². The maximum Gasteiger partial charge on any atom is 0.110 e. The monoisotopic (exact) mass is 364 g/mol. The Morgan fingerprint density at radius 3 is 2.44 bits per heavy atom. The summed E-state index contributed by atoms with van der Waals surface area (Å²) < 4.78 is 4.20. The molecule has 2 nitrogen and oxygen atoms in total. The molecule has 0 radical (unpaired) electrons. The van der Waals surface area contributed by atoms with Crippen LogP contribution in [0.15, 0.2) is 48.8 Å². The number of nitrogens with zero attached hydrogens (tertiary/aromatic N) is 2. The Morgan fingerprint density at radius 2 is 1.68 bits per heavy atom. The average molecular weight is 365 g/mol. The van der Waals surface area contributed by atoms with Crippen LogP contribution < -0.4 is 4.90 Å². The summed E-state index contributed by atoms with van der Waals surface area (Å²) in [5, 5.41) is 4.22. The third-order valence-electron chi connectivity index (χ3n) is 5.48. The van der Waals surface area contributed by atoms with E-state index in [0.29, 0.717) is 0 Å². The summed E-state index contributed by atoms with van der Waals surface area (Å²) in [6, 6.07) is 13.5. The van der Waals surface area contributed by atoms with E-state index in [1.54, 1.807) is 0 Å². The lowest BCUT2D eigenvalue weighted by molar-refractivity contribution is 0.253. The van der Waals surface area contributed by atoms with E-state index in [1.807, 2.05) is 22.7 Å². The number of thiophene rings is 2. The highest BCUT2D eigenvalue weighted by atomic mass is 32.2. The fourth-order valence-electron chi connectivity index (χ4n) is 3.74. The fourth-order valence-corrected chi connectivity index (χ4v) is 6.36. The van der Waals surface area contributed by atoms with Crippen molar-refractivity contribution in [2.45, 2.75) is 26.4 Å². The minimum Gasteiger partial charge on any atom is -0.357 e. The molecule has 0 saturated carbocycles. The molecule has 0 aliphatic carbocycles. The van der Waals surface area contributed by atoms with Crippen molar-refractivity contribution in [2.24, 2.45) is 0 Å². The van der Waals surface area contributed by atoms with Gasteiger partial charge < -0.3 is 9.80 Å². The highest BCUT2D eigenvalue weighted by molar-refractivity contribution is 7.44. The van der Waals surface area contributed by atoms with Crippen LogP contribution >= 0.6 is 22.7 Å². The van der Waals surface area contributed by atoms with Crippen molar-refractivity contribution in [3.8, 4) is 0 Å². The molecular formula is C21H20N2S2. The quantitative estimate of drug-likeness (QED) is 0.378. The van der Waals surface area contributed by atoms with Crippen molar-refractivity contribution in [1.82, 2.24) is 4.90 Å². The van der Waals surface area contributed by atoms with Crippen molar-refractivity contribution >= 4 is 57.9 Å². The zero-order valence-corrected chi connectivity index (χ0v) is 16.5. The van der Waals surface area contributed by atoms with Crippen LogP contribution in [0.2, 0.25) is 0 Å². The van der Waals surface area contributed by atoms with Crippen molar-refractivity contribution in [3.63, 3.8) is 0 Å². The first-order valence-corrected chi connectivity index (χ1v) is 10.1. The van der Waals surface area contributed by atoms with Crippen LogP contribution in [-0.2, 0) is 0 Å². The number of hydrogen-bond acceptors (Lipinski definition) is 4. The Balaban J connectivity index is 1.77. The molecule has 0 spiro atoms. The number of rotatable bonds is 1. The van der Waals surface area contributed by atoms with Gasteiger partial charge in [0.2, 0.25) is 0 Å². The molecular weight excluding hydrogens is 344 g/mol.